The fraction of sp³-hybridized carbons (Fsp3) is 0.222. The molecule has 78 valence electrons. The molecule has 0 atom stereocenters. The Hall–Kier alpha value is -2.11. The predicted octanol–water partition coefficient (Wildman–Crippen LogP) is 0.407. The van der Waals surface area contributed by atoms with Gasteiger partial charge in [-0.15, -0.1) is 0 Å². The molecular weight excluding hydrogens is 196 g/mol. The van der Waals surface area contributed by atoms with Gasteiger partial charge in [0.1, 0.15) is 5.82 Å². The molecule has 0 aliphatic heterocycles. The molecule has 2 heterocycles. The van der Waals surface area contributed by atoms with Crippen molar-refractivity contribution in [2.24, 2.45) is 0 Å². The Morgan fingerprint density at radius 2 is 2.27 bits per heavy atom. The van der Waals surface area contributed by atoms with Crippen LogP contribution in [0.15, 0.2) is 12.1 Å². The van der Waals surface area contributed by atoms with Crippen molar-refractivity contribution in [3.8, 4) is 0 Å². The minimum Gasteiger partial charge on any atom is -0.464 e. The molecule has 6 nitrogen and oxygen atoms in total. The van der Waals surface area contributed by atoms with Crippen molar-refractivity contribution in [2.75, 3.05) is 12.8 Å². The van der Waals surface area contributed by atoms with Crippen molar-refractivity contribution in [3.05, 3.63) is 23.5 Å². The van der Waals surface area contributed by atoms with Crippen LogP contribution in [0.1, 0.15) is 16.2 Å². The number of hydrogen-bond acceptors (Lipinski definition) is 5. The maximum absolute atomic E-state index is 11.2. The van der Waals surface area contributed by atoms with Crippen molar-refractivity contribution in [3.63, 3.8) is 0 Å². The summed E-state index contributed by atoms with van der Waals surface area (Å²) < 4.78 is 5.95. The molecule has 15 heavy (non-hydrogen) atoms. The zero-order valence-corrected chi connectivity index (χ0v) is 8.39. The van der Waals surface area contributed by atoms with Crippen LogP contribution in [0.25, 0.3) is 5.65 Å². The van der Waals surface area contributed by atoms with Gasteiger partial charge in [-0.1, -0.05) is 0 Å². The largest absolute Gasteiger partial charge is 0.464 e. The number of carbonyl (C=O) groups excluding carboxylic acids is 1. The summed E-state index contributed by atoms with van der Waals surface area (Å²) in [7, 11) is 1.30. The molecule has 2 aromatic rings. The third kappa shape index (κ3) is 1.50. The molecule has 0 radical (unpaired) electrons. The number of ether oxygens (including phenoxy) is 1. The number of anilines is 1. The number of carbonyl (C=O) groups is 1. The summed E-state index contributed by atoms with van der Waals surface area (Å²) in [6.07, 6.45) is 0. The Morgan fingerprint density at radius 3 is 2.93 bits per heavy atom. The van der Waals surface area contributed by atoms with E-state index in [1.165, 1.54) is 17.7 Å². The molecule has 0 aromatic carbocycles. The third-order valence-corrected chi connectivity index (χ3v) is 1.98. The van der Waals surface area contributed by atoms with E-state index in [0.29, 0.717) is 11.5 Å². The molecule has 0 saturated heterocycles. The number of fused-ring (bicyclic) bond motifs is 1. The van der Waals surface area contributed by atoms with Crippen LogP contribution in [-0.4, -0.2) is 27.7 Å². The number of hydrogen-bond donors (Lipinski definition) is 1. The minimum atomic E-state index is -0.502. The molecule has 0 amide bonds. The van der Waals surface area contributed by atoms with Crippen LogP contribution in [0.3, 0.4) is 0 Å². The highest BCUT2D eigenvalue weighted by atomic mass is 16.5. The smallest absolute Gasteiger partial charge is 0.358 e. The normalized spacial score (nSPS) is 10.5. The van der Waals surface area contributed by atoms with Gasteiger partial charge in [-0.05, 0) is 6.92 Å². The average Bonchev–Trinajstić information content (AvgIpc) is 2.60. The van der Waals surface area contributed by atoms with E-state index in [-0.39, 0.29) is 5.69 Å². The molecule has 0 bridgehead atoms. The number of esters is 1. The van der Waals surface area contributed by atoms with Crippen molar-refractivity contribution in [1.29, 1.82) is 0 Å². The molecular formula is C9H10N4O2. The van der Waals surface area contributed by atoms with Gasteiger partial charge >= 0.3 is 5.97 Å². The molecule has 6 heteroatoms. The molecule has 2 rings (SSSR count). The van der Waals surface area contributed by atoms with Crippen molar-refractivity contribution < 1.29 is 9.53 Å². The second-order valence-corrected chi connectivity index (χ2v) is 3.11. The lowest BCUT2D eigenvalue weighted by Gasteiger charge is -1.98. The second-order valence-electron chi connectivity index (χ2n) is 3.11. The van der Waals surface area contributed by atoms with Crippen LogP contribution in [0.2, 0.25) is 0 Å². The molecule has 0 aliphatic rings. The summed E-state index contributed by atoms with van der Waals surface area (Å²) in [5.74, 6) is -0.0646. The summed E-state index contributed by atoms with van der Waals surface area (Å²) >= 11 is 0. The predicted molar refractivity (Wildman–Crippen MR) is 53.5 cm³/mol. The molecule has 0 fully saturated rings. The Labute approximate surface area is 85.7 Å². The van der Waals surface area contributed by atoms with E-state index >= 15 is 0 Å². The summed E-state index contributed by atoms with van der Waals surface area (Å²) in [5, 5.41) is 3.98. The van der Waals surface area contributed by atoms with Crippen LogP contribution in [-0.2, 0) is 4.74 Å². The summed E-state index contributed by atoms with van der Waals surface area (Å²) in [4.78, 5) is 15.4. The lowest BCUT2D eigenvalue weighted by Crippen LogP contribution is -2.04. The molecule has 0 unspecified atom stereocenters. The van der Waals surface area contributed by atoms with E-state index in [9.17, 15) is 4.79 Å². The zero-order valence-electron chi connectivity index (χ0n) is 8.39. The Kier molecular flexibility index (Phi) is 2.03. The van der Waals surface area contributed by atoms with Gasteiger partial charge < -0.3 is 10.5 Å². The Balaban J connectivity index is 2.65. The van der Waals surface area contributed by atoms with Crippen molar-refractivity contribution in [2.45, 2.75) is 6.92 Å². The Morgan fingerprint density at radius 1 is 1.53 bits per heavy atom. The summed E-state index contributed by atoms with van der Waals surface area (Å²) in [6.45, 7) is 1.82. The van der Waals surface area contributed by atoms with Crippen LogP contribution >= 0.6 is 0 Å². The minimum absolute atomic E-state index is 0.197. The van der Waals surface area contributed by atoms with Crippen LogP contribution < -0.4 is 5.73 Å². The van der Waals surface area contributed by atoms with Gasteiger partial charge in [-0.2, -0.15) is 9.61 Å². The van der Waals surface area contributed by atoms with E-state index in [4.69, 9.17) is 5.73 Å². The van der Waals surface area contributed by atoms with Gasteiger partial charge in [0.25, 0.3) is 0 Å². The standard InChI is InChI=1S/C9H10N4O2/c1-5-3-7(10)13-8(11-5)4-6(12-13)9(14)15-2/h3-4H,10H2,1-2H3. The quantitative estimate of drug-likeness (QED) is 0.683. The maximum Gasteiger partial charge on any atom is 0.358 e. The van der Waals surface area contributed by atoms with Crippen LogP contribution in [0.4, 0.5) is 5.82 Å². The van der Waals surface area contributed by atoms with E-state index in [2.05, 4.69) is 14.8 Å². The maximum atomic E-state index is 11.2. The first-order chi connectivity index (χ1) is 7.11. The lowest BCUT2D eigenvalue weighted by atomic mass is 10.4. The summed E-state index contributed by atoms with van der Waals surface area (Å²) in [6, 6.07) is 3.22. The van der Waals surface area contributed by atoms with E-state index in [0.717, 1.165) is 5.69 Å². The van der Waals surface area contributed by atoms with Gasteiger partial charge in [-0.3, -0.25) is 0 Å². The van der Waals surface area contributed by atoms with Crippen LogP contribution in [0, 0.1) is 6.92 Å². The fourth-order valence-corrected chi connectivity index (χ4v) is 1.33. The van der Waals surface area contributed by atoms with Gasteiger partial charge in [0.15, 0.2) is 11.3 Å². The van der Waals surface area contributed by atoms with Gasteiger partial charge in [0, 0.05) is 17.8 Å². The number of nitrogen functional groups attached to an aromatic ring is 1. The monoisotopic (exact) mass is 206 g/mol. The molecule has 0 aliphatic carbocycles. The van der Waals surface area contributed by atoms with Gasteiger partial charge in [0.2, 0.25) is 0 Å². The van der Waals surface area contributed by atoms with E-state index < -0.39 is 5.97 Å². The average molecular weight is 206 g/mol. The molecule has 0 saturated carbocycles. The van der Waals surface area contributed by atoms with E-state index in [1.54, 1.807) is 6.07 Å². The topological polar surface area (TPSA) is 82.5 Å². The third-order valence-electron chi connectivity index (χ3n) is 1.98. The first kappa shape index (κ1) is 9.45. The second kappa shape index (κ2) is 3.23. The highest BCUT2D eigenvalue weighted by Gasteiger charge is 2.12. The zero-order chi connectivity index (χ0) is 11.0. The molecule has 2 N–H and O–H groups in total. The first-order valence-electron chi connectivity index (χ1n) is 4.33. The van der Waals surface area contributed by atoms with Gasteiger partial charge in [-0.25, -0.2) is 9.78 Å². The number of aryl methyl sites for hydroxylation is 1. The first-order valence-corrected chi connectivity index (χ1v) is 4.33. The van der Waals surface area contributed by atoms with Gasteiger partial charge in [0.05, 0.1) is 7.11 Å². The number of rotatable bonds is 1. The number of nitrogens with two attached hydrogens (primary N) is 1. The number of nitrogens with zero attached hydrogens (tertiary/aromatic N) is 3. The number of aromatic nitrogens is 3. The summed E-state index contributed by atoms with van der Waals surface area (Å²) in [5.41, 5.74) is 7.23. The lowest BCUT2D eigenvalue weighted by molar-refractivity contribution is 0.0593. The Bertz CT molecular complexity index is 532. The highest BCUT2D eigenvalue weighted by molar-refractivity contribution is 5.88. The highest BCUT2D eigenvalue weighted by Crippen LogP contribution is 2.11. The molecule has 2 aromatic heterocycles. The van der Waals surface area contributed by atoms with Crippen molar-refractivity contribution >= 4 is 17.4 Å². The number of methoxy groups -OCH3 is 1. The van der Waals surface area contributed by atoms with Crippen LogP contribution in [0.5, 0.6) is 0 Å². The fourth-order valence-electron chi connectivity index (χ4n) is 1.33. The van der Waals surface area contributed by atoms with E-state index in [1.807, 2.05) is 6.92 Å². The van der Waals surface area contributed by atoms with Crippen molar-refractivity contribution in [1.82, 2.24) is 14.6 Å². The molecule has 0 spiro atoms. The SMILES string of the molecule is COC(=O)c1cc2nc(C)cc(N)n2n1.